The van der Waals surface area contributed by atoms with Gasteiger partial charge in [0.05, 0.1) is 17.3 Å². The van der Waals surface area contributed by atoms with Crippen LogP contribution in [-0.2, 0) is 13.6 Å². The largest absolute Gasteiger partial charge is 0.377 e. The van der Waals surface area contributed by atoms with Crippen molar-refractivity contribution in [3.05, 3.63) is 53.1 Å². The number of benzene rings is 1. The number of aryl methyl sites for hydroxylation is 1. The zero-order valence-electron chi connectivity index (χ0n) is 8.87. The molecule has 0 aliphatic heterocycles. The van der Waals surface area contributed by atoms with Crippen LogP contribution in [0.5, 0.6) is 0 Å². The lowest BCUT2D eigenvalue weighted by Crippen LogP contribution is -2.05. The van der Waals surface area contributed by atoms with Crippen molar-refractivity contribution in [1.82, 2.24) is 4.57 Å². The Morgan fingerprint density at radius 1 is 1.31 bits per heavy atom. The number of rotatable bonds is 3. The van der Waals surface area contributed by atoms with Crippen LogP contribution in [0.3, 0.4) is 0 Å². The minimum Gasteiger partial charge on any atom is -0.377 e. The summed E-state index contributed by atoms with van der Waals surface area (Å²) >= 11 is 5.69. The number of hydrogen-bond donors (Lipinski definition) is 1. The van der Waals surface area contributed by atoms with Crippen molar-refractivity contribution in [2.75, 3.05) is 5.32 Å². The van der Waals surface area contributed by atoms with Gasteiger partial charge in [0.2, 0.25) is 0 Å². The maximum Gasteiger partial charge on any atom is 0.164 e. The van der Waals surface area contributed by atoms with Crippen LogP contribution in [0.4, 0.5) is 10.1 Å². The second kappa shape index (κ2) is 4.58. The van der Waals surface area contributed by atoms with E-state index in [-0.39, 0.29) is 5.02 Å². The Morgan fingerprint density at radius 2 is 2.12 bits per heavy atom. The molecular weight excluding hydrogens is 227 g/mol. The number of halogens is 2. The molecule has 2 rings (SSSR count). The molecule has 0 bridgehead atoms. The van der Waals surface area contributed by atoms with Crippen molar-refractivity contribution >= 4 is 17.3 Å². The number of nitrogens with zero attached hydrogens (tertiary/aromatic N) is 1. The average molecular weight is 239 g/mol. The smallest absolute Gasteiger partial charge is 0.164 e. The summed E-state index contributed by atoms with van der Waals surface area (Å²) in [5.41, 5.74) is 1.51. The van der Waals surface area contributed by atoms with Gasteiger partial charge in [0.15, 0.2) is 5.82 Å². The van der Waals surface area contributed by atoms with Crippen LogP contribution in [0.15, 0.2) is 36.5 Å². The molecule has 1 aromatic heterocycles. The van der Waals surface area contributed by atoms with E-state index in [1.165, 1.54) is 6.07 Å². The second-order valence-electron chi connectivity index (χ2n) is 3.57. The first kappa shape index (κ1) is 11.0. The number of hydrogen-bond acceptors (Lipinski definition) is 1. The summed E-state index contributed by atoms with van der Waals surface area (Å²) in [6, 6.07) is 8.86. The molecule has 1 heterocycles. The molecule has 0 aliphatic rings. The molecule has 0 saturated carbocycles. The molecule has 2 aromatic rings. The Hall–Kier alpha value is -1.48. The Kier molecular flexibility index (Phi) is 3.15. The molecule has 0 unspecified atom stereocenters. The zero-order chi connectivity index (χ0) is 11.5. The standard InChI is InChI=1S/C12H12ClFN2/c1-16-7-3-4-9(16)8-15-11-6-2-5-10(13)12(11)14/h2-7,15H,8H2,1H3. The van der Waals surface area contributed by atoms with Gasteiger partial charge in [-0.25, -0.2) is 4.39 Å². The summed E-state index contributed by atoms with van der Waals surface area (Å²) < 4.78 is 15.5. The highest BCUT2D eigenvalue weighted by Crippen LogP contribution is 2.22. The molecule has 0 spiro atoms. The molecule has 84 valence electrons. The number of nitrogens with one attached hydrogen (secondary N) is 1. The van der Waals surface area contributed by atoms with Crippen LogP contribution < -0.4 is 5.32 Å². The van der Waals surface area contributed by atoms with Gasteiger partial charge in [0.25, 0.3) is 0 Å². The predicted molar refractivity (Wildman–Crippen MR) is 64.1 cm³/mol. The normalized spacial score (nSPS) is 10.4. The van der Waals surface area contributed by atoms with E-state index in [1.54, 1.807) is 12.1 Å². The maximum absolute atomic E-state index is 13.5. The Balaban J connectivity index is 2.11. The van der Waals surface area contributed by atoms with Crippen molar-refractivity contribution in [2.24, 2.45) is 7.05 Å². The van der Waals surface area contributed by atoms with Crippen LogP contribution in [0, 0.1) is 5.82 Å². The van der Waals surface area contributed by atoms with Gasteiger partial charge >= 0.3 is 0 Å². The average Bonchev–Trinajstić information content (AvgIpc) is 2.67. The molecule has 4 heteroatoms. The zero-order valence-corrected chi connectivity index (χ0v) is 9.63. The van der Waals surface area contributed by atoms with E-state index < -0.39 is 5.82 Å². The first-order chi connectivity index (χ1) is 7.68. The molecule has 1 N–H and O–H groups in total. The van der Waals surface area contributed by atoms with Crippen LogP contribution in [0.1, 0.15) is 5.69 Å². The highest BCUT2D eigenvalue weighted by Gasteiger charge is 2.05. The van der Waals surface area contributed by atoms with E-state index in [0.717, 1.165) is 5.69 Å². The van der Waals surface area contributed by atoms with E-state index >= 15 is 0 Å². The summed E-state index contributed by atoms with van der Waals surface area (Å²) in [5, 5.41) is 3.15. The van der Waals surface area contributed by atoms with Crippen molar-refractivity contribution in [2.45, 2.75) is 6.54 Å². The first-order valence-electron chi connectivity index (χ1n) is 4.96. The van der Waals surface area contributed by atoms with E-state index in [0.29, 0.717) is 12.2 Å². The SMILES string of the molecule is Cn1cccc1CNc1cccc(Cl)c1F. The Labute approximate surface area is 98.7 Å². The van der Waals surface area contributed by atoms with Gasteiger partial charge in [-0.2, -0.15) is 0 Å². The summed E-state index contributed by atoms with van der Waals surface area (Å²) in [5.74, 6) is -0.404. The minimum absolute atomic E-state index is 0.136. The van der Waals surface area contributed by atoms with Gasteiger partial charge in [-0.1, -0.05) is 17.7 Å². The van der Waals surface area contributed by atoms with Crippen molar-refractivity contribution in [3.63, 3.8) is 0 Å². The van der Waals surface area contributed by atoms with Crippen molar-refractivity contribution in [1.29, 1.82) is 0 Å². The third kappa shape index (κ3) is 2.19. The lowest BCUT2D eigenvalue weighted by atomic mass is 10.3. The molecule has 0 amide bonds. The maximum atomic E-state index is 13.5. The van der Waals surface area contributed by atoms with Gasteiger partial charge in [-0.15, -0.1) is 0 Å². The lowest BCUT2D eigenvalue weighted by molar-refractivity contribution is 0.630. The van der Waals surface area contributed by atoms with Crippen LogP contribution in [-0.4, -0.2) is 4.57 Å². The summed E-state index contributed by atoms with van der Waals surface area (Å²) in [6.45, 7) is 0.570. The van der Waals surface area contributed by atoms with Gasteiger partial charge in [-0.05, 0) is 24.3 Å². The Bertz CT molecular complexity index is 494. The fourth-order valence-corrected chi connectivity index (χ4v) is 1.68. The molecule has 2 nitrogen and oxygen atoms in total. The molecule has 0 saturated heterocycles. The molecule has 1 aromatic carbocycles. The van der Waals surface area contributed by atoms with E-state index in [9.17, 15) is 4.39 Å². The highest BCUT2D eigenvalue weighted by molar-refractivity contribution is 6.31. The molecular formula is C12H12ClFN2. The van der Waals surface area contributed by atoms with E-state index in [4.69, 9.17) is 11.6 Å². The summed E-state index contributed by atoms with van der Waals surface area (Å²) in [4.78, 5) is 0. The van der Waals surface area contributed by atoms with Gasteiger partial charge in [0, 0.05) is 18.9 Å². The molecule has 0 radical (unpaired) electrons. The van der Waals surface area contributed by atoms with Crippen LogP contribution in [0.2, 0.25) is 5.02 Å². The van der Waals surface area contributed by atoms with Crippen LogP contribution >= 0.6 is 11.6 Å². The first-order valence-corrected chi connectivity index (χ1v) is 5.34. The highest BCUT2D eigenvalue weighted by atomic mass is 35.5. The molecule has 0 aliphatic carbocycles. The Morgan fingerprint density at radius 3 is 2.81 bits per heavy atom. The third-order valence-electron chi connectivity index (χ3n) is 2.46. The molecule has 16 heavy (non-hydrogen) atoms. The topological polar surface area (TPSA) is 17.0 Å². The van der Waals surface area contributed by atoms with E-state index in [1.807, 2.05) is 29.9 Å². The number of aromatic nitrogens is 1. The predicted octanol–water partition coefficient (Wildman–Crippen LogP) is 3.43. The lowest BCUT2D eigenvalue weighted by Gasteiger charge is -2.09. The summed E-state index contributed by atoms with van der Waals surface area (Å²) in [7, 11) is 1.95. The monoisotopic (exact) mass is 238 g/mol. The molecule has 0 fully saturated rings. The quantitative estimate of drug-likeness (QED) is 0.867. The summed E-state index contributed by atoms with van der Waals surface area (Å²) in [6.07, 6.45) is 1.95. The fourth-order valence-electron chi connectivity index (χ4n) is 1.51. The van der Waals surface area contributed by atoms with Crippen LogP contribution in [0.25, 0.3) is 0 Å². The van der Waals surface area contributed by atoms with Gasteiger partial charge in [-0.3, -0.25) is 0 Å². The third-order valence-corrected chi connectivity index (χ3v) is 2.75. The van der Waals surface area contributed by atoms with E-state index in [2.05, 4.69) is 5.32 Å². The minimum atomic E-state index is -0.404. The van der Waals surface area contributed by atoms with Crippen molar-refractivity contribution < 1.29 is 4.39 Å². The van der Waals surface area contributed by atoms with Gasteiger partial charge in [0.1, 0.15) is 0 Å². The molecule has 0 atom stereocenters. The number of anilines is 1. The van der Waals surface area contributed by atoms with Crippen molar-refractivity contribution in [3.8, 4) is 0 Å². The van der Waals surface area contributed by atoms with Gasteiger partial charge < -0.3 is 9.88 Å². The second-order valence-corrected chi connectivity index (χ2v) is 3.97. The fraction of sp³-hybridized carbons (Fsp3) is 0.167.